The third kappa shape index (κ3) is 3.72. The van der Waals surface area contributed by atoms with E-state index in [0.717, 1.165) is 5.56 Å². The summed E-state index contributed by atoms with van der Waals surface area (Å²) in [6.07, 6.45) is 0.592. The summed E-state index contributed by atoms with van der Waals surface area (Å²) in [5, 5.41) is 1.16. The highest BCUT2D eigenvalue weighted by Gasteiger charge is 2.16. The monoisotopic (exact) mass is 424 g/mol. The lowest BCUT2D eigenvalue weighted by Crippen LogP contribution is -1.99. The molecule has 100 valence electrons. The summed E-state index contributed by atoms with van der Waals surface area (Å²) in [7, 11) is 0. The van der Waals surface area contributed by atoms with Crippen molar-refractivity contribution in [2.75, 3.05) is 0 Å². The zero-order valence-electron chi connectivity index (χ0n) is 9.64. The van der Waals surface area contributed by atoms with Crippen molar-refractivity contribution < 1.29 is 4.39 Å². The molecule has 0 aliphatic heterocycles. The van der Waals surface area contributed by atoms with E-state index >= 15 is 0 Å². The van der Waals surface area contributed by atoms with Crippen LogP contribution in [0.2, 0.25) is 10.0 Å². The van der Waals surface area contributed by atoms with Gasteiger partial charge in [-0.15, -0.1) is 0 Å². The van der Waals surface area contributed by atoms with E-state index in [1.165, 1.54) is 6.07 Å². The quantitative estimate of drug-likeness (QED) is 0.384. The molecule has 0 nitrogen and oxygen atoms in total. The van der Waals surface area contributed by atoms with Crippen molar-refractivity contribution in [3.8, 4) is 0 Å². The van der Waals surface area contributed by atoms with Crippen LogP contribution in [0.1, 0.15) is 16.0 Å². The van der Waals surface area contributed by atoms with Crippen molar-refractivity contribution in [1.29, 1.82) is 0 Å². The molecule has 0 aliphatic carbocycles. The van der Waals surface area contributed by atoms with Gasteiger partial charge in [-0.1, -0.05) is 57.3 Å². The predicted octanol–water partition coefficient (Wildman–Crippen LogP) is 6.57. The SMILES string of the molecule is Fc1cc(Br)c(Cl)cc1C(Br)Cc1ccccc1Cl. The van der Waals surface area contributed by atoms with Crippen LogP contribution in [0.4, 0.5) is 4.39 Å². The fourth-order valence-electron chi connectivity index (χ4n) is 1.74. The third-order valence-corrected chi connectivity index (χ3v) is 5.12. The summed E-state index contributed by atoms with van der Waals surface area (Å²) in [6, 6.07) is 10.5. The molecular weight excluding hydrogens is 418 g/mol. The largest absolute Gasteiger partial charge is 0.207 e. The minimum Gasteiger partial charge on any atom is -0.207 e. The normalized spacial score (nSPS) is 12.5. The molecule has 2 rings (SSSR count). The first-order chi connectivity index (χ1) is 8.99. The van der Waals surface area contributed by atoms with Gasteiger partial charge in [-0.05, 0) is 46.1 Å². The lowest BCUT2D eigenvalue weighted by Gasteiger charge is -2.13. The van der Waals surface area contributed by atoms with Crippen LogP contribution in [0.5, 0.6) is 0 Å². The van der Waals surface area contributed by atoms with Gasteiger partial charge in [0, 0.05) is 19.9 Å². The lowest BCUT2D eigenvalue weighted by molar-refractivity contribution is 0.607. The van der Waals surface area contributed by atoms with Crippen LogP contribution >= 0.6 is 55.1 Å². The summed E-state index contributed by atoms with van der Waals surface area (Å²) >= 11 is 18.8. The van der Waals surface area contributed by atoms with Crippen molar-refractivity contribution in [1.82, 2.24) is 0 Å². The van der Waals surface area contributed by atoms with Crippen LogP contribution in [0.25, 0.3) is 0 Å². The van der Waals surface area contributed by atoms with Crippen molar-refractivity contribution >= 4 is 55.1 Å². The molecule has 0 radical (unpaired) electrons. The van der Waals surface area contributed by atoms with Gasteiger partial charge < -0.3 is 0 Å². The van der Waals surface area contributed by atoms with Gasteiger partial charge in [0.2, 0.25) is 0 Å². The van der Waals surface area contributed by atoms with Crippen LogP contribution in [-0.2, 0) is 6.42 Å². The Hall–Kier alpha value is -0.0900. The summed E-state index contributed by atoms with van der Waals surface area (Å²) < 4.78 is 14.5. The molecule has 0 saturated heterocycles. The topological polar surface area (TPSA) is 0 Å². The van der Waals surface area contributed by atoms with Crippen molar-refractivity contribution in [2.45, 2.75) is 11.2 Å². The Bertz CT molecular complexity index is 602. The molecule has 1 atom stereocenters. The first-order valence-corrected chi connectivity index (χ1v) is 7.97. The molecule has 0 bridgehead atoms. The molecule has 0 N–H and O–H groups in total. The van der Waals surface area contributed by atoms with Gasteiger partial charge in [0.1, 0.15) is 5.82 Å². The van der Waals surface area contributed by atoms with E-state index in [0.29, 0.717) is 26.5 Å². The molecule has 19 heavy (non-hydrogen) atoms. The minimum absolute atomic E-state index is 0.182. The van der Waals surface area contributed by atoms with Gasteiger partial charge in [-0.3, -0.25) is 0 Å². The van der Waals surface area contributed by atoms with Gasteiger partial charge in [0.05, 0.1) is 5.02 Å². The standard InChI is InChI=1S/C14H9Br2Cl2F/c15-10(5-8-3-1-2-4-12(8)17)9-6-13(18)11(16)7-14(9)19/h1-4,6-7,10H,5H2. The molecule has 2 aromatic carbocycles. The third-order valence-electron chi connectivity index (χ3n) is 2.73. The maximum absolute atomic E-state index is 13.9. The summed E-state index contributed by atoms with van der Waals surface area (Å²) in [5.74, 6) is -0.301. The van der Waals surface area contributed by atoms with E-state index in [2.05, 4.69) is 31.9 Å². The molecular formula is C14H9Br2Cl2F. The van der Waals surface area contributed by atoms with E-state index in [4.69, 9.17) is 23.2 Å². The van der Waals surface area contributed by atoms with Gasteiger partial charge in [0.15, 0.2) is 0 Å². The Balaban J connectivity index is 2.28. The molecule has 0 spiro atoms. The highest BCUT2D eigenvalue weighted by Crippen LogP contribution is 2.35. The number of rotatable bonds is 3. The number of benzene rings is 2. The summed E-state index contributed by atoms with van der Waals surface area (Å²) in [5.41, 5.74) is 1.48. The molecule has 1 unspecified atom stereocenters. The molecule has 0 aliphatic rings. The fourth-order valence-corrected chi connectivity index (χ4v) is 3.15. The Morgan fingerprint density at radius 2 is 1.79 bits per heavy atom. The van der Waals surface area contributed by atoms with Crippen LogP contribution in [0.15, 0.2) is 40.9 Å². The smallest absolute Gasteiger partial charge is 0.128 e. The first-order valence-electron chi connectivity index (χ1n) is 5.51. The Kier molecular flexibility index (Phi) is 5.29. The fraction of sp³-hybridized carbons (Fsp3) is 0.143. The first kappa shape index (κ1) is 15.3. The van der Waals surface area contributed by atoms with Crippen molar-refractivity contribution in [3.63, 3.8) is 0 Å². The average Bonchev–Trinajstić information content (AvgIpc) is 2.36. The van der Waals surface area contributed by atoms with E-state index in [1.54, 1.807) is 6.07 Å². The second-order valence-corrected chi connectivity index (χ2v) is 6.82. The van der Waals surface area contributed by atoms with Crippen molar-refractivity contribution in [3.05, 3.63) is 67.9 Å². The van der Waals surface area contributed by atoms with Crippen LogP contribution < -0.4 is 0 Å². The van der Waals surface area contributed by atoms with E-state index in [-0.39, 0.29) is 10.6 Å². The maximum atomic E-state index is 13.9. The Labute approximate surface area is 138 Å². The molecule has 0 fully saturated rings. The zero-order valence-corrected chi connectivity index (χ0v) is 14.3. The van der Waals surface area contributed by atoms with Crippen molar-refractivity contribution in [2.24, 2.45) is 0 Å². The maximum Gasteiger partial charge on any atom is 0.128 e. The Morgan fingerprint density at radius 3 is 2.47 bits per heavy atom. The summed E-state index contributed by atoms with van der Waals surface area (Å²) in [4.78, 5) is -0.182. The zero-order chi connectivity index (χ0) is 14.0. The average molecular weight is 427 g/mol. The molecule has 0 saturated carbocycles. The molecule has 0 amide bonds. The van der Waals surface area contributed by atoms with Gasteiger partial charge in [-0.2, -0.15) is 0 Å². The highest BCUT2D eigenvalue weighted by atomic mass is 79.9. The number of halogens is 5. The molecule has 0 heterocycles. The molecule has 5 heteroatoms. The van der Waals surface area contributed by atoms with Crippen LogP contribution in [0.3, 0.4) is 0 Å². The number of hydrogen-bond acceptors (Lipinski definition) is 0. The van der Waals surface area contributed by atoms with Crippen LogP contribution in [-0.4, -0.2) is 0 Å². The van der Waals surface area contributed by atoms with Gasteiger partial charge >= 0.3 is 0 Å². The highest BCUT2D eigenvalue weighted by molar-refractivity contribution is 9.10. The van der Waals surface area contributed by atoms with E-state index in [1.807, 2.05) is 24.3 Å². The number of alkyl halides is 1. The van der Waals surface area contributed by atoms with E-state index < -0.39 is 0 Å². The lowest BCUT2D eigenvalue weighted by atomic mass is 10.0. The molecule has 2 aromatic rings. The predicted molar refractivity (Wildman–Crippen MR) is 85.9 cm³/mol. The molecule has 0 aromatic heterocycles. The Morgan fingerprint density at radius 1 is 1.11 bits per heavy atom. The van der Waals surface area contributed by atoms with Gasteiger partial charge in [0.25, 0.3) is 0 Å². The second kappa shape index (κ2) is 6.57. The minimum atomic E-state index is -0.301. The second-order valence-electron chi connectivity index (χ2n) is 4.05. The van der Waals surface area contributed by atoms with Gasteiger partial charge in [-0.25, -0.2) is 4.39 Å². The van der Waals surface area contributed by atoms with Crippen LogP contribution in [0, 0.1) is 5.82 Å². The number of hydrogen-bond donors (Lipinski definition) is 0. The summed E-state index contributed by atoms with van der Waals surface area (Å²) in [6.45, 7) is 0. The van der Waals surface area contributed by atoms with E-state index in [9.17, 15) is 4.39 Å².